The Morgan fingerprint density at radius 2 is 1.06 bits per heavy atom. The lowest BCUT2D eigenvalue weighted by atomic mass is 9.61. The maximum Gasteiger partial charge on any atom is 0.0625 e. The van der Waals surface area contributed by atoms with E-state index in [2.05, 4.69) is 179 Å². The third kappa shape index (κ3) is 2.89. The van der Waals surface area contributed by atoms with Gasteiger partial charge in [0.25, 0.3) is 0 Å². The minimum atomic E-state index is -0.389. The SMILES string of the molecule is C1=CC2c3ccccc3C(c3ccccc3)(c3ccccc3)C2c2c1c1c3c4cccc5c6ccccc6n(c3cc3c6ccccc6n2c31)c54. The van der Waals surface area contributed by atoms with Crippen LogP contribution in [0.4, 0.5) is 0 Å². The van der Waals surface area contributed by atoms with Crippen LogP contribution in [0.25, 0.3) is 71.4 Å². The van der Waals surface area contributed by atoms with E-state index < -0.39 is 0 Å². The van der Waals surface area contributed by atoms with Crippen molar-refractivity contribution in [2.75, 3.05) is 0 Å². The topological polar surface area (TPSA) is 8.82 Å². The van der Waals surface area contributed by atoms with Crippen molar-refractivity contribution in [3.8, 4) is 0 Å². The maximum atomic E-state index is 2.69. The average Bonchev–Trinajstić information content (AvgIpc) is 3.98. The van der Waals surface area contributed by atoms with Crippen LogP contribution in [0.1, 0.15) is 45.3 Å². The summed E-state index contributed by atoms with van der Waals surface area (Å²) >= 11 is 0. The largest absolute Gasteiger partial charge is 0.311 e. The molecule has 0 saturated heterocycles. The van der Waals surface area contributed by atoms with Crippen molar-refractivity contribution >= 4 is 71.4 Å². The molecule has 0 fully saturated rings. The van der Waals surface area contributed by atoms with Gasteiger partial charge in [-0.2, -0.15) is 0 Å². The zero-order chi connectivity index (χ0) is 33.0. The lowest BCUT2D eigenvalue weighted by molar-refractivity contribution is 0.477. The highest BCUT2D eigenvalue weighted by Crippen LogP contribution is 2.65. The molecule has 0 spiro atoms. The highest BCUT2D eigenvalue weighted by molar-refractivity contribution is 6.34. The zero-order valence-electron chi connectivity index (χ0n) is 27.7. The molecule has 2 heteroatoms. The molecule has 4 heterocycles. The second kappa shape index (κ2) is 9.04. The molecule has 51 heavy (non-hydrogen) atoms. The molecule has 7 aromatic carbocycles. The van der Waals surface area contributed by atoms with E-state index in [9.17, 15) is 0 Å². The number of nitrogens with zero attached hydrogens (tertiary/aromatic N) is 2. The van der Waals surface area contributed by atoms with E-state index in [1.807, 2.05) is 0 Å². The van der Waals surface area contributed by atoms with Gasteiger partial charge in [0.15, 0.2) is 0 Å². The molecule has 2 aliphatic carbocycles. The lowest BCUT2D eigenvalue weighted by Gasteiger charge is -2.41. The fourth-order valence-corrected chi connectivity index (χ4v) is 11.1. The van der Waals surface area contributed by atoms with E-state index in [1.54, 1.807) is 0 Å². The number of aromatic nitrogens is 2. The van der Waals surface area contributed by atoms with Crippen molar-refractivity contribution in [3.05, 3.63) is 197 Å². The Bertz CT molecular complexity index is 3210. The van der Waals surface area contributed by atoms with Crippen LogP contribution >= 0.6 is 0 Å². The van der Waals surface area contributed by atoms with Gasteiger partial charge in [-0.15, -0.1) is 0 Å². The van der Waals surface area contributed by atoms with Crippen molar-refractivity contribution in [2.24, 2.45) is 0 Å². The van der Waals surface area contributed by atoms with Crippen LogP contribution in [0.15, 0.2) is 164 Å². The standard InChI is InChI=1S/C49H30N2/c1-3-14-29(15-4-1)49(30-16-5-2-6-17-30)39-23-10-7-18-31(39)34-26-27-37-44-43-36-22-13-21-35-32-19-8-11-24-40(32)50(46(35)36)42(43)28-38-33-20-9-12-25-41(33)51(47(38)44)48(37)45(34)49/h1-28,34,45H. The predicted octanol–water partition coefficient (Wildman–Crippen LogP) is 12.1. The van der Waals surface area contributed by atoms with E-state index in [0.717, 1.165) is 0 Å². The normalized spacial score (nSPS) is 17.9. The Hall–Kier alpha value is -6.38. The second-order valence-electron chi connectivity index (χ2n) is 14.7. The van der Waals surface area contributed by atoms with Crippen molar-refractivity contribution in [1.82, 2.24) is 8.80 Å². The summed E-state index contributed by atoms with van der Waals surface area (Å²) in [6.07, 6.45) is 5.03. The number of benzene rings is 7. The second-order valence-corrected chi connectivity index (χ2v) is 14.7. The average molecular weight is 647 g/mol. The van der Waals surface area contributed by atoms with Gasteiger partial charge >= 0.3 is 0 Å². The number of allylic oxidation sites excluding steroid dienone is 1. The Morgan fingerprint density at radius 1 is 0.451 bits per heavy atom. The fraction of sp³-hybridized carbons (Fsp3) is 0.0612. The molecule has 236 valence electrons. The minimum absolute atomic E-state index is 0.138. The summed E-state index contributed by atoms with van der Waals surface area (Å²) in [6.45, 7) is 0. The van der Waals surface area contributed by atoms with Crippen LogP contribution in [-0.2, 0) is 5.41 Å². The van der Waals surface area contributed by atoms with E-state index in [-0.39, 0.29) is 17.3 Å². The third-order valence-corrected chi connectivity index (χ3v) is 12.7. The summed E-state index contributed by atoms with van der Waals surface area (Å²) in [5.41, 5.74) is 14.5. The number of hydrogen-bond donors (Lipinski definition) is 0. The van der Waals surface area contributed by atoms with Crippen molar-refractivity contribution in [2.45, 2.75) is 17.3 Å². The molecule has 4 aromatic heterocycles. The van der Waals surface area contributed by atoms with Crippen molar-refractivity contribution in [3.63, 3.8) is 0 Å². The predicted molar refractivity (Wildman–Crippen MR) is 212 cm³/mol. The number of hydrogen-bond acceptors (Lipinski definition) is 0. The molecule has 0 bridgehead atoms. The molecule has 2 nitrogen and oxygen atoms in total. The van der Waals surface area contributed by atoms with Gasteiger partial charge in [-0.1, -0.05) is 152 Å². The van der Waals surface area contributed by atoms with Crippen LogP contribution < -0.4 is 0 Å². The van der Waals surface area contributed by atoms with Gasteiger partial charge in [-0.25, -0.2) is 0 Å². The fourth-order valence-electron chi connectivity index (χ4n) is 11.1. The van der Waals surface area contributed by atoms with Gasteiger partial charge in [0.2, 0.25) is 0 Å². The molecule has 0 aliphatic heterocycles. The van der Waals surface area contributed by atoms with Crippen LogP contribution in [-0.4, -0.2) is 8.80 Å². The van der Waals surface area contributed by atoms with Crippen molar-refractivity contribution in [1.29, 1.82) is 0 Å². The quantitative estimate of drug-likeness (QED) is 0.177. The molecule has 13 rings (SSSR count). The van der Waals surface area contributed by atoms with Crippen molar-refractivity contribution < 1.29 is 0 Å². The summed E-state index contributed by atoms with van der Waals surface area (Å²) in [4.78, 5) is 0. The molecule has 0 saturated carbocycles. The lowest BCUT2D eigenvalue weighted by Crippen LogP contribution is -2.35. The maximum absolute atomic E-state index is 2.69. The van der Waals surface area contributed by atoms with E-state index >= 15 is 0 Å². The minimum Gasteiger partial charge on any atom is -0.311 e. The molecule has 11 aromatic rings. The molecule has 0 amide bonds. The summed E-state index contributed by atoms with van der Waals surface area (Å²) < 4.78 is 5.24. The smallest absolute Gasteiger partial charge is 0.0625 e. The summed E-state index contributed by atoms with van der Waals surface area (Å²) in [6, 6.07) is 59.4. The van der Waals surface area contributed by atoms with Gasteiger partial charge in [-0.3, -0.25) is 0 Å². The molecule has 2 unspecified atom stereocenters. The molecular formula is C49H30N2. The number of rotatable bonds is 2. The van der Waals surface area contributed by atoms with Crippen LogP contribution in [0.3, 0.4) is 0 Å². The van der Waals surface area contributed by atoms with E-state index in [4.69, 9.17) is 0 Å². The van der Waals surface area contributed by atoms with Crippen LogP contribution in [0, 0.1) is 0 Å². The number of fused-ring (bicyclic) bond motifs is 17. The number of para-hydroxylation sites is 3. The molecule has 2 aliphatic rings. The van der Waals surface area contributed by atoms with Gasteiger partial charge in [0.05, 0.1) is 33.0 Å². The zero-order valence-corrected chi connectivity index (χ0v) is 27.7. The third-order valence-electron chi connectivity index (χ3n) is 12.7. The first-order valence-electron chi connectivity index (χ1n) is 18.1. The summed E-state index contributed by atoms with van der Waals surface area (Å²) in [7, 11) is 0. The Balaban J connectivity index is 1.29. The summed E-state index contributed by atoms with van der Waals surface area (Å²) in [5, 5.41) is 9.38. The Labute approximate surface area is 293 Å². The van der Waals surface area contributed by atoms with Gasteiger partial charge in [-0.05, 0) is 40.5 Å². The first-order chi connectivity index (χ1) is 25.4. The molecule has 2 atom stereocenters. The summed E-state index contributed by atoms with van der Waals surface area (Å²) in [5.74, 6) is 0.360. The van der Waals surface area contributed by atoms with Crippen LogP contribution in [0.2, 0.25) is 0 Å². The molecular weight excluding hydrogens is 617 g/mol. The highest BCUT2D eigenvalue weighted by Gasteiger charge is 2.56. The Kier molecular flexibility index (Phi) is 4.69. The van der Waals surface area contributed by atoms with Gasteiger partial charge < -0.3 is 8.80 Å². The monoisotopic (exact) mass is 646 g/mol. The first kappa shape index (κ1) is 26.5. The van der Waals surface area contributed by atoms with Gasteiger partial charge in [0, 0.05) is 60.8 Å². The van der Waals surface area contributed by atoms with E-state index in [1.165, 1.54) is 98.8 Å². The first-order valence-corrected chi connectivity index (χ1v) is 18.1. The molecule has 0 N–H and O–H groups in total. The highest BCUT2D eigenvalue weighted by atomic mass is 15.0. The molecule has 0 radical (unpaired) electrons. The Morgan fingerprint density at radius 3 is 1.82 bits per heavy atom. The van der Waals surface area contributed by atoms with E-state index in [0.29, 0.717) is 0 Å². The van der Waals surface area contributed by atoms with Crippen LogP contribution in [0.5, 0.6) is 0 Å². The van der Waals surface area contributed by atoms with Gasteiger partial charge in [0.1, 0.15) is 0 Å².